The molecule has 1 N–H and O–H groups in total. The molecule has 2 aliphatic heterocycles. The van der Waals surface area contributed by atoms with Gasteiger partial charge in [-0.25, -0.2) is 4.68 Å². The topological polar surface area (TPSA) is 50.2 Å². The number of hydrogen-bond acceptors (Lipinski definition) is 4. The molecule has 116 valence electrons. The first kappa shape index (κ1) is 14.9. The molecule has 2 aliphatic rings. The summed E-state index contributed by atoms with van der Waals surface area (Å²) >= 11 is 6.23. The van der Waals surface area contributed by atoms with Gasteiger partial charge in [0.05, 0.1) is 17.9 Å². The van der Waals surface area contributed by atoms with Crippen LogP contribution in [0.5, 0.6) is 0 Å². The van der Waals surface area contributed by atoms with Crippen LogP contribution in [-0.2, 0) is 0 Å². The summed E-state index contributed by atoms with van der Waals surface area (Å²) in [6.07, 6.45) is 6.51. The molecule has 0 aromatic carbocycles. The third-order valence-corrected chi connectivity index (χ3v) is 4.98. The second kappa shape index (κ2) is 5.97. The maximum atomic E-state index is 12.2. The molecule has 3 rings (SSSR count). The van der Waals surface area contributed by atoms with Crippen molar-refractivity contribution >= 4 is 17.3 Å². The Morgan fingerprint density at radius 3 is 2.95 bits per heavy atom. The van der Waals surface area contributed by atoms with Gasteiger partial charge in [0, 0.05) is 18.6 Å². The van der Waals surface area contributed by atoms with Crippen LogP contribution in [0.15, 0.2) is 11.0 Å². The van der Waals surface area contributed by atoms with E-state index in [2.05, 4.69) is 15.3 Å². The molecule has 0 bridgehead atoms. The van der Waals surface area contributed by atoms with Crippen molar-refractivity contribution in [3.63, 3.8) is 0 Å². The molecule has 0 saturated carbocycles. The Kier molecular flexibility index (Phi) is 4.22. The molecule has 1 aromatic rings. The van der Waals surface area contributed by atoms with Gasteiger partial charge in [-0.15, -0.1) is 0 Å². The molecule has 5 nitrogen and oxygen atoms in total. The molecule has 6 heteroatoms. The summed E-state index contributed by atoms with van der Waals surface area (Å²) in [5, 5.41) is 7.91. The quantitative estimate of drug-likeness (QED) is 0.932. The number of fused-ring (bicyclic) bond motifs is 1. The molecule has 2 atom stereocenters. The second-order valence-electron chi connectivity index (χ2n) is 6.41. The van der Waals surface area contributed by atoms with Crippen molar-refractivity contribution in [3.8, 4) is 0 Å². The normalized spacial score (nSPS) is 26.1. The fourth-order valence-corrected chi connectivity index (χ4v) is 3.68. The minimum atomic E-state index is -0.213. The third kappa shape index (κ3) is 2.94. The molecule has 0 aliphatic carbocycles. The molecule has 0 amide bonds. The second-order valence-corrected chi connectivity index (χ2v) is 6.79. The van der Waals surface area contributed by atoms with Gasteiger partial charge < -0.3 is 10.2 Å². The lowest BCUT2D eigenvalue weighted by Gasteiger charge is -2.35. The summed E-state index contributed by atoms with van der Waals surface area (Å²) in [6.45, 7) is 6.22. The summed E-state index contributed by atoms with van der Waals surface area (Å²) < 4.78 is 1.42. The molecule has 3 heterocycles. The lowest BCUT2D eigenvalue weighted by molar-refractivity contribution is 0.188. The highest BCUT2D eigenvalue weighted by Gasteiger charge is 2.31. The van der Waals surface area contributed by atoms with Crippen molar-refractivity contribution in [1.29, 1.82) is 0 Å². The summed E-state index contributed by atoms with van der Waals surface area (Å²) in [4.78, 5) is 14.8. The van der Waals surface area contributed by atoms with Crippen molar-refractivity contribution in [2.45, 2.75) is 57.7 Å². The molecule has 1 aromatic heterocycles. The van der Waals surface area contributed by atoms with Crippen LogP contribution < -0.4 is 10.9 Å². The van der Waals surface area contributed by atoms with Crippen molar-refractivity contribution in [3.05, 3.63) is 21.6 Å². The van der Waals surface area contributed by atoms with Crippen molar-refractivity contribution < 1.29 is 0 Å². The first-order valence-electron chi connectivity index (χ1n) is 7.84. The standard InChI is InChI=1S/C15H23ClN4O/c1-10(2)20-15(21)14(16)13(9-17-20)18-11-5-7-19-6-3-4-12(19)8-11/h9-12,18H,3-8H2,1-2H3. The number of halogens is 1. The van der Waals surface area contributed by atoms with Crippen molar-refractivity contribution in [2.75, 3.05) is 18.4 Å². The Balaban J connectivity index is 1.73. The number of nitrogens with one attached hydrogen (secondary N) is 1. The fraction of sp³-hybridized carbons (Fsp3) is 0.733. The predicted octanol–water partition coefficient (Wildman–Crippen LogP) is 2.52. The van der Waals surface area contributed by atoms with Crippen LogP contribution in [0.1, 0.15) is 45.6 Å². The van der Waals surface area contributed by atoms with Gasteiger partial charge in [0.2, 0.25) is 0 Å². The molecule has 2 fully saturated rings. The summed E-state index contributed by atoms with van der Waals surface area (Å²) in [7, 11) is 0. The van der Waals surface area contributed by atoms with Crippen molar-refractivity contribution in [2.24, 2.45) is 0 Å². The molecule has 2 unspecified atom stereocenters. The van der Waals surface area contributed by atoms with Crippen LogP contribution in [0.3, 0.4) is 0 Å². The van der Waals surface area contributed by atoms with Gasteiger partial charge >= 0.3 is 0 Å². The average molecular weight is 311 g/mol. The lowest BCUT2D eigenvalue weighted by atomic mass is 9.97. The summed E-state index contributed by atoms with van der Waals surface area (Å²) in [5.41, 5.74) is 0.463. The highest BCUT2D eigenvalue weighted by molar-refractivity contribution is 6.32. The van der Waals surface area contributed by atoms with E-state index in [1.165, 1.54) is 24.1 Å². The zero-order valence-corrected chi connectivity index (χ0v) is 13.4. The van der Waals surface area contributed by atoms with Crippen LogP contribution in [0.2, 0.25) is 5.02 Å². The van der Waals surface area contributed by atoms with E-state index in [-0.39, 0.29) is 16.6 Å². The number of nitrogens with zero attached hydrogens (tertiary/aromatic N) is 3. The molecule has 0 spiro atoms. The molecule has 21 heavy (non-hydrogen) atoms. The van der Waals surface area contributed by atoms with E-state index in [1.807, 2.05) is 13.8 Å². The SMILES string of the molecule is CC(C)n1ncc(NC2CCN3CCCC3C2)c(Cl)c1=O. The first-order chi connectivity index (χ1) is 10.1. The minimum absolute atomic E-state index is 0.0192. The number of hydrogen-bond donors (Lipinski definition) is 1. The molecule has 0 radical (unpaired) electrons. The van der Waals surface area contributed by atoms with Gasteiger partial charge in [0.1, 0.15) is 5.02 Å². The Labute approximate surface area is 130 Å². The van der Waals surface area contributed by atoms with E-state index in [1.54, 1.807) is 6.20 Å². The van der Waals surface area contributed by atoms with E-state index < -0.39 is 0 Å². The number of aromatic nitrogens is 2. The molecule has 2 saturated heterocycles. The van der Waals surface area contributed by atoms with E-state index in [0.29, 0.717) is 17.8 Å². The summed E-state index contributed by atoms with van der Waals surface area (Å²) in [6, 6.07) is 1.10. The Morgan fingerprint density at radius 2 is 2.19 bits per heavy atom. The highest BCUT2D eigenvalue weighted by atomic mass is 35.5. The van der Waals surface area contributed by atoms with Crippen LogP contribution in [-0.4, -0.2) is 39.9 Å². The zero-order chi connectivity index (χ0) is 15.0. The average Bonchev–Trinajstić information content (AvgIpc) is 2.91. The zero-order valence-electron chi connectivity index (χ0n) is 12.7. The van der Waals surface area contributed by atoms with E-state index >= 15 is 0 Å². The monoisotopic (exact) mass is 310 g/mol. The summed E-state index contributed by atoms with van der Waals surface area (Å²) in [5.74, 6) is 0. The highest BCUT2D eigenvalue weighted by Crippen LogP contribution is 2.29. The van der Waals surface area contributed by atoms with Gasteiger partial charge in [-0.2, -0.15) is 5.10 Å². The van der Waals surface area contributed by atoms with Crippen LogP contribution in [0.4, 0.5) is 5.69 Å². The van der Waals surface area contributed by atoms with Gasteiger partial charge in [0.25, 0.3) is 5.56 Å². The predicted molar refractivity (Wildman–Crippen MR) is 85.1 cm³/mol. The van der Waals surface area contributed by atoms with Crippen molar-refractivity contribution in [1.82, 2.24) is 14.7 Å². The van der Waals surface area contributed by atoms with Gasteiger partial charge in [-0.05, 0) is 46.1 Å². The lowest BCUT2D eigenvalue weighted by Crippen LogP contribution is -2.43. The number of anilines is 1. The fourth-order valence-electron chi connectivity index (χ4n) is 3.49. The number of piperidine rings is 1. The van der Waals surface area contributed by atoms with Gasteiger partial charge in [-0.3, -0.25) is 4.79 Å². The minimum Gasteiger partial charge on any atom is -0.380 e. The van der Waals surface area contributed by atoms with E-state index in [0.717, 1.165) is 19.4 Å². The Hall–Kier alpha value is -1.07. The maximum absolute atomic E-state index is 12.2. The largest absolute Gasteiger partial charge is 0.380 e. The van der Waals surface area contributed by atoms with E-state index in [4.69, 9.17) is 11.6 Å². The van der Waals surface area contributed by atoms with Crippen LogP contribution in [0, 0.1) is 0 Å². The van der Waals surface area contributed by atoms with Crippen LogP contribution >= 0.6 is 11.6 Å². The smallest absolute Gasteiger partial charge is 0.287 e. The Bertz CT molecular complexity index is 571. The van der Waals surface area contributed by atoms with Crippen LogP contribution in [0.25, 0.3) is 0 Å². The van der Waals surface area contributed by atoms with E-state index in [9.17, 15) is 4.79 Å². The number of rotatable bonds is 3. The third-order valence-electron chi connectivity index (χ3n) is 4.61. The van der Waals surface area contributed by atoms with Gasteiger partial charge in [-0.1, -0.05) is 11.6 Å². The maximum Gasteiger partial charge on any atom is 0.287 e. The molecular formula is C15H23ClN4O. The van der Waals surface area contributed by atoms with Gasteiger partial charge in [0.15, 0.2) is 0 Å². The first-order valence-corrected chi connectivity index (χ1v) is 8.22. The Morgan fingerprint density at radius 1 is 1.38 bits per heavy atom. The molecular weight excluding hydrogens is 288 g/mol.